The highest BCUT2D eigenvalue weighted by Crippen LogP contribution is 2.49. The van der Waals surface area contributed by atoms with Gasteiger partial charge in [0, 0.05) is 38.6 Å². The Morgan fingerprint density at radius 2 is 1.79 bits per heavy atom. The fourth-order valence-electron chi connectivity index (χ4n) is 5.05. The number of rotatable bonds is 5. The summed E-state index contributed by atoms with van der Waals surface area (Å²) < 4.78 is 0. The summed E-state index contributed by atoms with van der Waals surface area (Å²) in [6, 6.07) is 0.345. The molecule has 3 saturated carbocycles. The number of hydrogen-bond donors (Lipinski definition) is 1. The first-order valence-electron chi connectivity index (χ1n) is 9.92. The standard InChI is InChI=1S/C19H31N3O2/c1-13(19(24)20-17-4-5-17)21-6-8-22(9-7-21)18(23)12-16-11-14-2-3-15(16)10-14/h13-17H,2-12H2,1H3,(H,20,24)/t13-,14-,15-,16-/m0/s1. The van der Waals surface area contributed by atoms with Gasteiger partial charge in [-0.25, -0.2) is 0 Å². The van der Waals surface area contributed by atoms with Crippen LogP contribution in [-0.4, -0.2) is 59.9 Å². The highest BCUT2D eigenvalue weighted by molar-refractivity contribution is 5.82. The summed E-state index contributed by atoms with van der Waals surface area (Å²) in [7, 11) is 0. The molecule has 1 aliphatic heterocycles. The van der Waals surface area contributed by atoms with Crippen molar-refractivity contribution >= 4 is 11.8 Å². The third-order valence-corrected chi connectivity index (χ3v) is 6.84. The van der Waals surface area contributed by atoms with Crippen LogP contribution in [0.5, 0.6) is 0 Å². The van der Waals surface area contributed by atoms with Crippen LogP contribution in [0, 0.1) is 17.8 Å². The van der Waals surface area contributed by atoms with Crippen LogP contribution in [0.3, 0.4) is 0 Å². The quantitative estimate of drug-likeness (QED) is 0.832. The van der Waals surface area contributed by atoms with Crippen molar-refractivity contribution in [2.75, 3.05) is 26.2 Å². The average Bonchev–Trinajstić information content (AvgIpc) is 3.16. The molecule has 0 radical (unpaired) electrons. The van der Waals surface area contributed by atoms with Crippen molar-refractivity contribution in [3.05, 3.63) is 0 Å². The summed E-state index contributed by atoms with van der Waals surface area (Å²) in [6.45, 7) is 5.19. The van der Waals surface area contributed by atoms with Crippen LogP contribution in [0.25, 0.3) is 0 Å². The molecular formula is C19H31N3O2. The van der Waals surface area contributed by atoms with Crippen molar-refractivity contribution in [1.82, 2.24) is 15.1 Å². The van der Waals surface area contributed by atoms with Crippen LogP contribution in [0.4, 0.5) is 0 Å². The SMILES string of the molecule is C[C@@H](C(=O)NC1CC1)N1CCN(C(=O)C[C@@H]2C[C@H]3CC[C@H]2C3)CC1. The average molecular weight is 333 g/mol. The van der Waals surface area contributed by atoms with E-state index in [2.05, 4.69) is 10.2 Å². The Bertz CT molecular complexity index is 497. The zero-order valence-corrected chi connectivity index (χ0v) is 14.9. The van der Waals surface area contributed by atoms with E-state index in [9.17, 15) is 9.59 Å². The number of carbonyl (C=O) groups excluding carboxylic acids is 2. The largest absolute Gasteiger partial charge is 0.352 e. The van der Waals surface area contributed by atoms with Gasteiger partial charge >= 0.3 is 0 Å². The van der Waals surface area contributed by atoms with E-state index in [1.807, 2.05) is 11.8 Å². The van der Waals surface area contributed by atoms with Crippen molar-refractivity contribution in [3.63, 3.8) is 0 Å². The lowest BCUT2D eigenvalue weighted by Gasteiger charge is -2.38. The molecule has 1 saturated heterocycles. The Labute approximate surface area is 145 Å². The molecule has 24 heavy (non-hydrogen) atoms. The van der Waals surface area contributed by atoms with Gasteiger partial charge in [0.2, 0.25) is 11.8 Å². The monoisotopic (exact) mass is 333 g/mol. The predicted molar refractivity (Wildman–Crippen MR) is 92.3 cm³/mol. The van der Waals surface area contributed by atoms with Crippen LogP contribution in [0.1, 0.15) is 51.9 Å². The van der Waals surface area contributed by atoms with Gasteiger partial charge in [-0.05, 0) is 56.8 Å². The van der Waals surface area contributed by atoms with Crippen LogP contribution < -0.4 is 5.32 Å². The minimum atomic E-state index is -0.0755. The van der Waals surface area contributed by atoms with Crippen LogP contribution in [0.15, 0.2) is 0 Å². The smallest absolute Gasteiger partial charge is 0.237 e. The first kappa shape index (κ1) is 16.4. The second-order valence-corrected chi connectivity index (χ2v) is 8.51. The maximum atomic E-state index is 12.6. The van der Waals surface area contributed by atoms with Gasteiger partial charge in [0.15, 0.2) is 0 Å². The first-order chi connectivity index (χ1) is 11.6. The van der Waals surface area contributed by atoms with Crippen LogP contribution in [-0.2, 0) is 9.59 Å². The molecular weight excluding hydrogens is 302 g/mol. The zero-order valence-electron chi connectivity index (χ0n) is 14.9. The molecule has 2 amide bonds. The number of fused-ring (bicyclic) bond motifs is 2. The van der Waals surface area contributed by atoms with Gasteiger partial charge in [0.05, 0.1) is 6.04 Å². The van der Waals surface area contributed by atoms with Gasteiger partial charge in [0.25, 0.3) is 0 Å². The van der Waals surface area contributed by atoms with E-state index in [1.165, 1.54) is 25.7 Å². The second kappa shape index (κ2) is 6.66. The molecule has 3 aliphatic carbocycles. The van der Waals surface area contributed by atoms with Gasteiger partial charge in [0.1, 0.15) is 0 Å². The molecule has 0 aromatic rings. The number of amides is 2. The Kier molecular flexibility index (Phi) is 4.54. The molecule has 4 rings (SSSR count). The molecule has 1 N–H and O–H groups in total. The summed E-state index contributed by atoms with van der Waals surface area (Å²) in [6.07, 6.45) is 8.43. The van der Waals surface area contributed by atoms with Gasteiger partial charge in [-0.2, -0.15) is 0 Å². The number of piperazine rings is 1. The Morgan fingerprint density at radius 1 is 1.04 bits per heavy atom. The molecule has 5 nitrogen and oxygen atoms in total. The van der Waals surface area contributed by atoms with Crippen molar-refractivity contribution in [1.29, 1.82) is 0 Å². The maximum absolute atomic E-state index is 12.6. The normalized spacial score (nSPS) is 34.4. The van der Waals surface area contributed by atoms with Gasteiger partial charge in [-0.3, -0.25) is 14.5 Å². The lowest BCUT2D eigenvalue weighted by molar-refractivity contribution is -0.135. The Morgan fingerprint density at radius 3 is 2.38 bits per heavy atom. The fraction of sp³-hybridized carbons (Fsp3) is 0.895. The van der Waals surface area contributed by atoms with Gasteiger partial charge in [-0.1, -0.05) is 6.42 Å². The lowest BCUT2D eigenvalue weighted by Crippen LogP contribution is -2.55. The maximum Gasteiger partial charge on any atom is 0.237 e. The van der Waals surface area contributed by atoms with Crippen molar-refractivity contribution in [2.24, 2.45) is 17.8 Å². The number of carbonyl (C=O) groups is 2. The highest BCUT2D eigenvalue weighted by atomic mass is 16.2. The zero-order chi connectivity index (χ0) is 16.7. The number of nitrogens with zero attached hydrogens (tertiary/aromatic N) is 2. The van der Waals surface area contributed by atoms with E-state index < -0.39 is 0 Å². The topological polar surface area (TPSA) is 52.7 Å². The highest BCUT2D eigenvalue weighted by Gasteiger charge is 2.41. The molecule has 4 atom stereocenters. The van der Waals surface area contributed by atoms with Crippen molar-refractivity contribution in [2.45, 2.75) is 64.0 Å². The van der Waals surface area contributed by atoms with E-state index in [0.29, 0.717) is 17.9 Å². The molecule has 4 aliphatic rings. The summed E-state index contributed by atoms with van der Waals surface area (Å²) >= 11 is 0. The third-order valence-electron chi connectivity index (χ3n) is 6.84. The van der Waals surface area contributed by atoms with Crippen molar-refractivity contribution in [3.8, 4) is 0 Å². The molecule has 0 aromatic carbocycles. The molecule has 0 aromatic heterocycles. The van der Waals surface area contributed by atoms with Crippen LogP contribution >= 0.6 is 0 Å². The molecule has 134 valence electrons. The lowest BCUT2D eigenvalue weighted by atomic mass is 9.86. The fourth-order valence-corrected chi connectivity index (χ4v) is 5.05. The minimum absolute atomic E-state index is 0.0755. The summed E-state index contributed by atoms with van der Waals surface area (Å²) in [5.41, 5.74) is 0. The minimum Gasteiger partial charge on any atom is -0.352 e. The number of nitrogens with one attached hydrogen (secondary N) is 1. The summed E-state index contributed by atoms with van der Waals surface area (Å²) in [5, 5.41) is 3.09. The Balaban J connectivity index is 1.22. The van der Waals surface area contributed by atoms with Gasteiger partial charge in [-0.15, -0.1) is 0 Å². The molecule has 0 spiro atoms. The van der Waals surface area contributed by atoms with E-state index in [4.69, 9.17) is 0 Å². The molecule has 2 bridgehead atoms. The summed E-state index contributed by atoms with van der Waals surface area (Å²) in [5.74, 6) is 2.89. The second-order valence-electron chi connectivity index (χ2n) is 8.51. The van der Waals surface area contributed by atoms with E-state index in [1.54, 1.807) is 0 Å². The molecule has 4 fully saturated rings. The van der Waals surface area contributed by atoms with Gasteiger partial charge < -0.3 is 10.2 Å². The van der Waals surface area contributed by atoms with E-state index >= 15 is 0 Å². The first-order valence-corrected chi connectivity index (χ1v) is 9.92. The Hall–Kier alpha value is -1.10. The van der Waals surface area contributed by atoms with Crippen LogP contribution in [0.2, 0.25) is 0 Å². The van der Waals surface area contributed by atoms with E-state index in [0.717, 1.165) is 57.3 Å². The van der Waals surface area contributed by atoms with Crippen molar-refractivity contribution < 1.29 is 9.59 Å². The molecule has 0 unspecified atom stereocenters. The molecule has 5 heteroatoms. The third kappa shape index (κ3) is 3.46. The summed E-state index contributed by atoms with van der Waals surface area (Å²) in [4.78, 5) is 29.1. The molecule has 1 heterocycles. The predicted octanol–water partition coefficient (Wildman–Crippen LogP) is 1.62. The van der Waals surface area contributed by atoms with E-state index in [-0.39, 0.29) is 11.9 Å². The number of hydrogen-bond acceptors (Lipinski definition) is 3.